The number of ether oxygens (including phenoxy) is 1. The maximum absolute atomic E-state index is 4.86. The van der Waals surface area contributed by atoms with Gasteiger partial charge in [0.25, 0.3) is 0 Å². The molecule has 3 nitrogen and oxygen atoms in total. The molecule has 4 heteroatoms. The van der Waals surface area contributed by atoms with E-state index in [1.165, 1.54) is 0 Å². The quantitative estimate of drug-likeness (QED) is 0.718. The summed E-state index contributed by atoms with van der Waals surface area (Å²) in [5, 5.41) is 7.69. The van der Waals surface area contributed by atoms with Gasteiger partial charge in [0.05, 0.1) is 12.8 Å². The minimum atomic E-state index is 0.526. The van der Waals surface area contributed by atoms with Crippen LogP contribution in [0.4, 0.5) is 0 Å². The Hall–Kier alpha value is -1.03. The van der Waals surface area contributed by atoms with Crippen molar-refractivity contribution >= 4 is 18.7 Å². The molecular weight excluding hydrogens is 172 g/mol. The fourth-order valence-electron chi connectivity index (χ4n) is 0.702. The number of rotatable bonds is 3. The standard InChI is InChI=1S/C8H10N2OS/c1-11-8-5-4-7(9-10-8)3-2-6-12/h2-5,12H,6H2,1H3. The molecule has 0 aromatic carbocycles. The highest BCUT2D eigenvalue weighted by atomic mass is 32.1. The van der Waals surface area contributed by atoms with E-state index in [9.17, 15) is 0 Å². The van der Waals surface area contributed by atoms with Crippen LogP contribution in [-0.4, -0.2) is 23.1 Å². The molecule has 0 atom stereocenters. The van der Waals surface area contributed by atoms with Crippen LogP contribution in [0.15, 0.2) is 18.2 Å². The maximum atomic E-state index is 4.86. The van der Waals surface area contributed by atoms with Gasteiger partial charge in [-0.25, -0.2) is 0 Å². The molecule has 0 spiro atoms. The summed E-state index contributed by atoms with van der Waals surface area (Å²) >= 11 is 4.03. The lowest BCUT2D eigenvalue weighted by atomic mass is 10.3. The van der Waals surface area contributed by atoms with Gasteiger partial charge >= 0.3 is 0 Å². The molecule has 0 saturated heterocycles. The van der Waals surface area contributed by atoms with Crippen molar-refractivity contribution in [1.82, 2.24) is 10.2 Å². The lowest BCUT2D eigenvalue weighted by Crippen LogP contribution is -1.91. The molecule has 0 aliphatic carbocycles. The molecule has 0 fully saturated rings. The molecule has 0 unspecified atom stereocenters. The zero-order valence-electron chi connectivity index (χ0n) is 6.77. The summed E-state index contributed by atoms with van der Waals surface area (Å²) in [7, 11) is 1.56. The van der Waals surface area contributed by atoms with E-state index in [0.29, 0.717) is 11.6 Å². The van der Waals surface area contributed by atoms with Crippen LogP contribution in [-0.2, 0) is 0 Å². The molecule has 1 rings (SSSR count). The summed E-state index contributed by atoms with van der Waals surface area (Å²) in [5.41, 5.74) is 0.810. The Morgan fingerprint density at radius 3 is 2.83 bits per heavy atom. The topological polar surface area (TPSA) is 35.0 Å². The van der Waals surface area contributed by atoms with Crippen LogP contribution in [0.2, 0.25) is 0 Å². The smallest absolute Gasteiger partial charge is 0.233 e. The van der Waals surface area contributed by atoms with Gasteiger partial charge in [-0.05, 0) is 12.1 Å². The zero-order valence-corrected chi connectivity index (χ0v) is 7.66. The van der Waals surface area contributed by atoms with Gasteiger partial charge in [0.2, 0.25) is 5.88 Å². The number of thiol groups is 1. The first-order valence-corrected chi connectivity index (χ1v) is 4.15. The normalized spacial score (nSPS) is 10.5. The Balaban J connectivity index is 2.71. The van der Waals surface area contributed by atoms with Crippen LogP contribution in [0, 0.1) is 0 Å². The van der Waals surface area contributed by atoms with E-state index in [0.717, 1.165) is 5.69 Å². The van der Waals surface area contributed by atoms with Gasteiger partial charge in [-0.3, -0.25) is 0 Å². The van der Waals surface area contributed by atoms with Crippen molar-refractivity contribution in [3.63, 3.8) is 0 Å². The average molecular weight is 182 g/mol. The van der Waals surface area contributed by atoms with Gasteiger partial charge in [-0.1, -0.05) is 6.08 Å². The van der Waals surface area contributed by atoms with Crippen molar-refractivity contribution in [2.45, 2.75) is 0 Å². The zero-order chi connectivity index (χ0) is 8.81. The van der Waals surface area contributed by atoms with Crippen LogP contribution in [0.25, 0.3) is 6.08 Å². The van der Waals surface area contributed by atoms with Crippen LogP contribution in [0.5, 0.6) is 5.88 Å². The van der Waals surface area contributed by atoms with E-state index in [1.54, 1.807) is 13.2 Å². The predicted molar refractivity (Wildman–Crippen MR) is 51.5 cm³/mol. The number of nitrogens with zero attached hydrogens (tertiary/aromatic N) is 2. The average Bonchev–Trinajstić information content (AvgIpc) is 2.15. The minimum Gasteiger partial charge on any atom is -0.480 e. The van der Waals surface area contributed by atoms with Crippen LogP contribution in [0.1, 0.15) is 5.69 Å². The fraction of sp³-hybridized carbons (Fsp3) is 0.250. The highest BCUT2D eigenvalue weighted by molar-refractivity contribution is 7.80. The van der Waals surface area contributed by atoms with Crippen molar-refractivity contribution in [3.05, 3.63) is 23.9 Å². The molecule has 64 valence electrons. The largest absolute Gasteiger partial charge is 0.480 e. The summed E-state index contributed by atoms with van der Waals surface area (Å²) in [6.07, 6.45) is 3.76. The second-order valence-electron chi connectivity index (χ2n) is 2.09. The van der Waals surface area contributed by atoms with Gasteiger partial charge in [0, 0.05) is 11.8 Å². The van der Waals surface area contributed by atoms with E-state index < -0.39 is 0 Å². The molecule has 1 aromatic heterocycles. The first-order chi connectivity index (χ1) is 5.86. The molecule has 0 amide bonds. The van der Waals surface area contributed by atoms with E-state index in [1.807, 2.05) is 18.2 Å². The van der Waals surface area contributed by atoms with Gasteiger partial charge in [0.1, 0.15) is 0 Å². The van der Waals surface area contributed by atoms with Crippen LogP contribution < -0.4 is 4.74 Å². The first-order valence-electron chi connectivity index (χ1n) is 3.52. The number of hydrogen-bond acceptors (Lipinski definition) is 4. The maximum Gasteiger partial charge on any atom is 0.233 e. The molecule has 12 heavy (non-hydrogen) atoms. The number of hydrogen-bond donors (Lipinski definition) is 1. The molecule has 0 bridgehead atoms. The van der Waals surface area contributed by atoms with Crippen molar-refractivity contribution in [1.29, 1.82) is 0 Å². The molecule has 0 radical (unpaired) electrons. The number of methoxy groups -OCH3 is 1. The Morgan fingerprint density at radius 1 is 1.50 bits per heavy atom. The second kappa shape index (κ2) is 4.77. The van der Waals surface area contributed by atoms with E-state index in [4.69, 9.17) is 4.74 Å². The summed E-state index contributed by atoms with van der Waals surface area (Å²) in [6.45, 7) is 0. The monoisotopic (exact) mass is 182 g/mol. The third-order valence-electron chi connectivity index (χ3n) is 1.26. The molecule has 0 aliphatic heterocycles. The summed E-state index contributed by atoms with van der Waals surface area (Å²) in [5.74, 6) is 1.23. The third kappa shape index (κ3) is 2.54. The lowest BCUT2D eigenvalue weighted by Gasteiger charge is -1.95. The Kier molecular flexibility index (Phi) is 3.60. The van der Waals surface area contributed by atoms with Gasteiger partial charge in [0.15, 0.2) is 0 Å². The van der Waals surface area contributed by atoms with Crippen molar-refractivity contribution in [3.8, 4) is 5.88 Å². The molecule has 0 aliphatic rings. The number of aromatic nitrogens is 2. The molecule has 0 N–H and O–H groups in total. The Morgan fingerprint density at radius 2 is 2.33 bits per heavy atom. The van der Waals surface area contributed by atoms with Crippen molar-refractivity contribution in [2.24, 2.45) is 0 Å². The van der Waals surface area contributed by atoms with Crippen LogP contribution in [0.3, 0.4) is 0 Å². The SMILES string of the molecule is COc1ccc(C=CCS)nn1. The highest BCUT2D eigenvalue weighted by Gasteiger charge is 1.91. The predicted octanol–water partition coefficient (Wildman–Crippen LogP) is 1.43. The first kappa shape index (κ1) is 9.06. The van der Waals surface area contributed by atoms with E-state index in [-0.39, 0.29) is 0 Å². The van der Waals surface area contributed by atoms with E-state index >= 15 is 0 Å². The summed E-state index contributed by atoms with van der Waals surface area (Å²) in [6, 6.07) is 3.61. The minimum absolute atomic E-state index is 0.526. The molecule has 0 saturated carbocycles. The van der Waals surface area contributed by atoms with Crippen molar-refractivity contribution < 1.29 is 4.74 Å². The van der Waals surface area contributed by atoms with E-state index in [2.05, 4.69) is 22.8 Å². The molecule has 1 aromatic rings. The Labute approximate surface area is 76.9 Å². The molecular formula is C8H10N2OS. The fourth-order valence-corrected chi connectivity index (χ4v) is 0.807. The van der Waals surface area contributed by atoms with Crippen LogP contribution >= 0.6 is 12.6 Å². The summed E-state index contributed by atoms with van der Waals surface area (Å²) < 4.78 is 4.86. The second-order valence-corrected chi connectivity index (χ2v) is 2.45. The molecule has 1 heterocycles. The Bertz CT molecular complexity index is 258. The summed E-state index contributed by atoms with van der Waals surface area (Å²) in [4.78, 5) is 0. The van der Waals surface area contributed by atoms with Gasteiger partial charge < -0.3 is 4.74 Å². The highest BCUT2D eigenvalue weighted by Crippen LogP contribution is 2.04. The third-order valence-corrected chi connectivity index (χ3v) is 1.47. The lowest BCUT2D eigenvalue weighted by molar-refractivity contribution is 0.392. The van der Waals surface area contributed by atoms with Crippen molar-refractivity contribution in [2.75, 3.05) is 12.9 Å². The van der Waals surface area contributed by atoms with Gasteiger partial charge in [-0.2, -0.15) is 12.6 Å². The van der Waals surface area contributed by atoms with Gasteiger partial charge in [-0.15, -0.1) is 10.2 Å².